The van der Waals surface area contributed by atoms with Gasteiger partial charge in [-0.1, -0.05) is 19.1 Å². The molecule has 1 unspecified atom stereocenters. The Kier molecular flexibility index (Phi) is 3.70. The minimum atomic E-state index is -0.138. The van der Waals surface area contributed by atoms with Crippen molar-refractivity contribution in [1.82, 2.24) is 0 Å². The molecule has 1 heterocycles. The molecule has 1 aliphatic heterocycles. The lowest BCUT2D eigenvalue weighted by Crippen LogP contribution is -2.21. The molecule has 0 saturated carbocycles. The highest BCUT2D eigenvalue weighted by molar-refractivity contribution is 5.77. The summed E-state index contributed by atoms with van der Waals surface area (Å²) in [6.45, 7) is 6.68. The first-order valence-electron chi connectivity index (χ1n) is 6.28. The number of rotatable bonds is 4. The van der Waals surface area contributed by atoms with Gasteiger partial charge in [0.05, 0.1) is 6.42 Å². The third kappa shape index (κ3) is 2.55. The first-order valence-corrected chi connectivity index (χ1v) is 6.28. The molecule has 1 atom stereocenters. The Morgan fingerprint density at radius 1 is 1.56 bits per heavy atom. The summed E-state index contributed by atoms with van der Waals surface area (Å²) in [5.74, 6) is 0.816. The molecule has 0 spiro atoms. The highest BCUT2D eigenvalue weighted by Gasteiger charge is 2.24. The van der Waals surface area contributed by atoms with Gasteiger partial charge in [0.1, 0.15) is 5.75 Å². The average Bonchev–Trinajstić information content (AvgIpc) is 2.34. The molecule has 1 aromatic rings. The Morgan fingerprint density at radius 2 is 2.33 bits per heavy atom. The van der Waals surface area contributed by atoms with E-state index in [9.17, 15) is 4.79 Å². The summed E-state index contributed by atoms with van der Waals surface area (Å²) in [7, 11) is 2.03. The molecule has 1 aromatic carbocycles. The van der Waals surface area contributed by atoms with Crippen LogP contribution in [0.4, 0.5) is 5.69 Å². The lowest BCUT2D eigenvalue weighted by atomic mass is 9.94. The minimum absolute atomic E-state index is 0.138. The standard InChI is InChI=1S/C15H19NO2/c1-4-5-8-16(3)12-6-7-13-11(2)9-15(17)18-14(13)10-12/h4,6-7,10-11H,1,5,8-9H2,2-3H3. The lowest BCUT2D eigenvalue weighted by molar-refractivity contribution is -0.135. The van der Waals surface area contributed by atoms with Crippen LogP contribution in [0, 0.1) is 0 Å². The van der Waals surface area contributed by atoms with E-state index in [-0.39, 0.29) is 11.9 Å². The topological polar surface area (TPSA) is 29.5 Å². The van der Waals surface area contributed by atoms with Gasteiger partial charge >= 0.3 is 5.97 Å². The van der Waals surface area contributed by atoms with Gasteiger partial charge in [-0.05, 0) is 24.0 Å². The molecule has 1 aliphatic rings. The summed E-state index contributed by atoms with van der Waals surface area (Å²) in [6.07, 6.45) is 3.30. The number of hydrogen-bond donors (Lipinski definition) is 0. The lowest BCUT2D eigenvalue weighted by Gasteiger charge is -2.25. The Bertz CT molecular complexity index is 468. The van der Waals surface area contributed by atoms with Crippen molar-refractivity contribution in [2.24, 2.45) is 0 Å². The minimum Gasteiger partial charge on any atom is -0.426 e. The fraction of sp³-hybridized carbons (Fsp3) is 0.400. The molecule has 0 aliphatic carbocycles. The molecule has 0 fully saturated rings. The number of ether oxygens (including phenoxy) is 1. The van der Waals surface area contributed by atoms with Crippen molar-refractivity contribution in [3.63, 3.8) is 0 Å². The normalized spacial score (nSPS) is 17.9. The van der Waals surface area contributed by atoms with Gasteiger partial charge in [0.25, 0.3) is 0 Å². The molecular weight excluding hydrogens is 226 g/mol. The third-order valence-electron chi connectivity index (χ3n) is 3.33. The van der Waals surface area contributed by atoms with E-state index in [1.54, 1.807) is 0 Å². The summed E-state index contributed by atoms with van der Waals surface area (Å²) in [4.78, 5) is 13.6. The number of hydrogen-bond acceptors (Lipinski definition) is 3. The Morgan fingerprint density at radius 3 is 3.06 bits per heavy atom. The van der Waals surface area contributed by atoms with Gasteiger partial charge in [-0.25, -0.2) is 0 Å². The summed E-state index contributed by atoms with van der Waals surface area (Å²) in [6, 6.07) is 6.09. The second kappa shape index (κ2) is 5.25. The van der Waals surface area contributed by atoms with Crippen molar-refractivity contribution < 1.29 is 9.53 Å². The van der Waals surface area contributed by atoms with Crippen molar-refractivity contribution in [2.45, 2.75) is 25.7 Å². The van der Waals surface area contributed by atoms with E-state index in [1.165, 1.54) is 0 Å². The number of anilines is 1. The second-order valence-corrected chi connectivity index (χ2v) is 4.80. The quantitative estimate of drug-likeness (QED) is 0.464. The maximum Gasteiger partial charge on any atom is 0.311 e. The molecule has 0 aromatic heterocycles. The van der Waals surface area contributed by atoms with Crippen LogP contribution in [0.15, 0.2) is 30.9 Å². The van der Waals surface area contributed by atoms with Gasteiger partial charge in [-0.3, -0.25) is 4.79 Å². The molecule has 0 saturated heterocycles. The molecule has 96 valence electrons. The molecule has 3 heteroatoms. The third-order valence-corrected chi connectivity index (χ3v) is 3.33. The van der Waals surface area contributed by atoms with Crippen LogP contribution in [0.2, 0.25) is 0 Å². The predicted molar refractivity (Wildman–Crippen MR) is 73.2 cm³/mol. The summed E-state index contributed by atoms with van der Waals surface area (Å²) >= 11 is 0. The van der Waals surface area contributed by atoms with E-state index < -0.39 is 0 Å². The van der Waals surface area contributed by atoms with Crippen LogP contribution >= 0.6 is 0 Å². The fourth-order valence-corrected chi connectivity index (χ4v) is 2.19. The summed E-state index contributed by atoms with van der Waals surface area (Å²) < 4.78 is 5.31. The summed E-state index contributed by atoms with van der Waals surface area (Å²) in [5, 5.41) is 0. The average molecular weight is 245 g/mol. The zero-order valence-corrected chi connectivity index (χ0v) is 11.0. The highest BCUT2D eigenvalue weighted by Crippen LogP contribution is 2.36. The number of fused-ring (bicyclic) bond motifs is 1. The SMILES string of the molecule is C=CCCN(C)c1ccc2c(c1)OC(=O)CC2C. The number of esters is 1. The Hall–Kier alpha value is -1.77. The monoisotopic (exact) mass is 245 g/mol. The molecule has 0 N–H and O–H groups in total. The van der Waals surface area contributed by atoms with Gasteiger partial charge < -0.3 is 9.64 Å². The van der Waals surface area contributed by atoms with Crippen LogP contribution in [-0.4, -0.2) is 19.6 Å². The van der Waals surface area contributed by atoms with E-state index in [1.807, 2.05) is 19.2 Å². The Balaban J connectivity index is 2.23. The molecule has 2 rings (SSSR count). The van der Waals surface area contributed by atoms with Crippen LogP contribution in [0.1, 0.15) is 31.2 Å². The zero-order chi connectivity index (χ0) is 13.1. The number of benzene rings is 1. The van der Waals surface area contributed by atoms with Gasteiger partial charge in [0.2, 0.25) is 0 Å². The van der Waals surface area contributed by atoms with E-state index >= 15 is 0 Å². The fourth-order valence-electron chi connectivity index (χ4n) is 2.19. The van der Waals surface area contributed by atoms with Gasteiger partial charge in [0, 0.05) is 25.3 Å². The van der Waals surface area contributed by atoms with Crippen LogP contribution < -0.4 is 9.64 Å². The van der Waals surface area contributed by atoms with Crippen molar-refractivity contribution in [3.8, 4) is 5.75 Å². The molecule has 0 radical (unpaired) electrons. The van der Waals surface area contributed by atoms with Crippen LogP contribution in [0.25, 0.3) is 0 Å². The van der Waals surface area contributed by atoms with Gasteiger partial charge in [-0.15, -0.1) is 6.58 Å². The highest BCUT2D eigenvalue weighted by atomic mass is 16.5. The number of nitrogens with zero attached hydrogens (tertiary/aromatic N) is 1. The van der Waals surface area contributed by atoms with E-state index in [4.69, 9.17) is 4.74 Å². The first-order chi connectivity index (χ1) is 8.61. The first kappa shape index (κ1) is 12.7. The van der Waals surface area contributed by atoms with E-state index in [0.717, 1.165) is 24.2 Å². The van der Waals surface area contributed by atoms with Crippen molar-refractivity contribution in [1.29, 1.82) is 0 Å². The van der Waals surface area contributed by atoms with E-state index in [2.05, 4.69) is 30.5 Å². The predicted octanol–water partition coefficient (Wildman–Crippen LogP) is 3.11. The van der Waals surface area contributed by atoms with Crippen molar-refractivity contribution in [3.05, 3.63) is 36.4 Å². The molecule has 3 nitrogen and oxygen atoms in total. The number of carbonyl (C=O) groups is 1. The smallest absolute Gasteiger partial charge is 0.311 e. The molecule has 0 bridgehead atoms. The molecular formula is C15H19NO2. The zero-order valence-electron chi connectivity index (χ0n) is 11.0. The Labute approximate surface area is 108 Å². The van der Waals surface area contributed by atoms with Crippen LogP contribution in [0.5, 0.6) is 5.75 Å². The maximum atomic E-state index is 11.4. The van der Waals surface area contributed by atoms with Crippen molar-refractivity contribution in [2.75, 3.05) is 18.5 Å². The van der Waals surface area contributed by atoms with Gasteiger partial charge in [0.15, 0.2) is 0 Å². The maximum absolute atomic E-state index is 11.4. The molecule has 18 heavy (non-hydrogen) atoms. The molecule has 0 amide bonds. The van der Waals surface area contributed by atoms with Gasteiger partial charge in [-0.2, -0.15) is 0 Å². The van der Waals surface area contributed by atoms with Crippen molar-refractivity contribution >= 4 is 11.7 Å². The summed E-state index contributed by atoms with van der Waals surface area (Å²) in [5.41, 5.74) is 2.19. The number of carbonyl (C=O) groups excluding carboxylic acids is 1. The largest absolute Gasteiger partial charge is 0.426 e. The van der Waals surface area contributed by atoms with E-state index in [0.29, 0.717) is 12.2 Å². The van der Waals surface area contributed by atoms with Crippen LogP contribution in [0.3, 0.4) is 0 Å². The van der Waals surface area contributed by atoms with Crippen LogP contribution in [-0.2, 0) is 4.79 Å². The second-order valence-electron chi connectivity index (χ2n) is 4.80.